The summed E-state index contributed by atoms with van der Waals surface area (Å²) in [4.78, 5) is 0. The number of hydrogen-bond donors (Lipinski definition) is 3. The van der Waals surface area contributed by atoms with Gasteiger partial charge in [0.1, 0.15) is 5.84 Å². The second kappa shape index (κ2) is 6.33. The van der Waals surface area contributed by atoms with Crippen molar-refractivity contribution in [2.45, 2.75) is 19.4 Å². The average molecular weight is 341 g/mol. The molecule has 0 bridgehead atoms. The van der Waals surface area contributed by atoms with E-state index in [9.17, 15) is 0 Å². The van der Waals surface area contributed by atoms with Gasteiger partial charge in [-0.3, -0.25) is 0 Å². The Morgan fingerprint density at radius 3 is 2.76 bits per heavy atom. The first-order chi connectivity index (χ1) is 7.95. The number of rotatable bonds is 4. The highest BCUT2D eigenvalue weighted by Gasteiger charge is 2.11. The van der Waals surface area contributed by atoms with Crippen LogP contribution in [-0.2, 0) is 0 Å². The predicted octanol–water partition coefficient (Wildman–Crippen LogP) is 3.69. The van der Waals surface area contributed by atoms with Crippen molar-refractivity contribution in [1.82, 2.24) is 0 Å². The van der Waals surface area contributed by atoms with Crippen molar-refractivity contribution in [3.8, 4) is 0 Å². The molecule has 0 saturated heterocycles. The number of nitrogens with one attached hydrogen (secondary N) is 1. The Morgan fingerprint density at radius 2 is 2.18 bits per heavy atom. The fourth-order valence-corrected chi connectivity index (χ4v) is 2.14. The van der Waals surface area contributed by atoms with Gasteiger partial charge in [-0.15, -0.1) is 0 Å². The topological polar surface area (TPSA) is 70.6 Å². The zero-order valence-electron chi connectivity index (χ0n) is 9.04. The number of nitrogens with two attached hydrogens (primary N) is 1. The third kappa shape index (κ3) is 3.94. The van der Waals surface area contributed by atoms with Gasteiger partial charge in [0.15, 0.2) is 0 Å². The molecule has 0 spiro atoms. The van der Waals surface area contributed by atoms with E-state index >= 15 is 0 Å². The van der Waals surface area contributed by atoms with Crippen LogP contribution >= 0.6 is 39.1 Å². The Morgan fingerprint density at radius 1 is 1.53 bits per heavy atom. The summed E-state index contributed by atoms with van der Waals surface area (Å²) in [7, 11) is 0. The van der Waals surface area contributed by atoms with Gasteiger partial charge >= 0.3 is 0 Å². The lowest BCUT2D eigenvalue weighted by atomic mass is 10.2. The molecule has 0 fully saturated rings. The van der Waals surface area contributed by atoms with Gasteiger partial charge in [0.05, 0.1) is 15.7 Å². The number of hydrogen-bond acceptors (Lipinski definition) is 3. The molecule has 1 rings (SSSR count). The summed E-state index contributed by atoms with van der Waals surface area (Å²) in [5.74, 6) is 0.157. The lowest BCUT2D eigenvalue weighted by molar-refractivity contribution is 0.316. The maximum Gasteiger partial charge on any atom is 0.141 e. The Balaban J connectivity index is 2.79. The zero-order chi connectivity index (χ0) is 13.0. The van der Waals surface area contributed by atoms with Crippen molar-refractivity contribution in [3.05, 3.63) is 26.7 Å². The fourth-order valence-electron chi connectivity index (χ4n) is 1.31. The van der Waals surface area contributed by atoms with Crippen LogP contribution in [-0.4, -0.2) is 17.1 Å². The molecule has 7 heteroatoms. The summed E-state index contributed by atoms with van der Waals surface area (Å²) < 4.78 is 0.735. The number of benzene rings is 1. The van der Waals surface area contributed by atoms with Crippen molar-refractivity contribution in [2.75, 3.05) is 5.32 Å². The standard InChI is InChI=1S/C10H12BrCl2N3O/c1-5(4-8(14)16-17)15-7-3-2-6(11)9(12)10(7)13/h2-3,5,15,17H,4H2,1H3,(H2,14,16). The molecule has 0 amide bonds. The van der Waals surface area contributed by atoms with E-state index in [-0.39, 0.29) is 11.9 Å². The first kappa shape index (κ1) is 14.4. The van der Waals surface area contributed by atoms with Gasteiger partial charge in [-0.1, -0.05) is 28.4 Å². The molecule has 0 saturated carbocycles. The number of amidine groups is 1. The number of anilines is 1. The molecular weight excluding hydrogens is 329 g/mol. The SMILES string of the molecule is CC(C/C(N)=N/O)Nc1ccc(Br)c(Cl)c1Cl. The summed E-state index contributed by atoms with van der Waals surface area (Å²) in [5, 5.41) is 15.4. The van der Waals surface area contributed by atoms with Crippen molar-refractivity contribution in [1.29, 1.82) is 0 Å². The van der Waals surface area contributed by atoms with E-state index in [0.29, 0.717) is 22.2 Å². The van der Waals surface area contributed by atoms with Crippen molar-refractivity contribution in [2.24, 2.45) is 10.9 Å². The third-order valence-electron chi connectivity index (χ3n) is 2.08. The molecular formula is C10H12BrCl2N3O. The molecule has 0 aliphatic carbocycles. The minimum Gasteiger partial charge on any atom is -0.409 e. The van der Waals surface area contributed by atoms with E-state index in [1.807, 2.05) is 6.92 Å². The van der Waals surface area contributed by atoms with E-state index in [0.717, 1.165) is 4.47 Å². The van der Waals surface area contributed by atoms with Gasteiger partial charge in [-0.05, 0) is 35.0 Å². The summed E-state index contributed by atoms with van der Waals surface area (Å²) in [6.07, 6.45) is 0.403. The van der Waals surface area contributed by atoms with E-state index in [2.05, 4.69) is 26.4 Å². The van der Waals surface area contributed by atoms with Gasteiger partial charge in [0.25, 0.3) is 0 Å². The van der Waals surface area contributed by atoms with Crippen molar-refractivity contribution >= 4 is 50.7 Å². The largest absolute Gasteiger partial charge is 0.409 e. The van der Waals surface area contributed by atoms with Gasteiger partial charge in [-0.25, -0.2) is 0 Å². The van der Waals surface area contributed by atoms with Crippen LogP contribution in [0.4, 0.5) is 5.69 Å². The van der Waals surface area contributed by atoms with Crippen LogP contribution in [0.2, 0.25) is 10.0 Å². The molecule has 0 aliphatic rings. The average Bonchev–Trinajstić information content (AvgIpc) is 2.29. The number of nitrogens with zero attached hydrogens (tertiary/aromatic N) is 1. The van der Waals surface area contributed by atoms with Gasteiger partial charge < -0.3 is 16.3 Å². The minimum atomic E-state index is -0.0272. The molecule has 1 aromatic rings. The highest BCUT2D eigenvalue weighted by atomic mass is 79.9. The second-order valence-corrected chi connectivity index (χ2v) is 5.17. The monoisotopic (exact) mass is 339 g/mol. The highest BCUT2D eigenvalue weighted by Crippen LogP contribution is 2.36. The van der Waals surface area contributed by atoms with Crippen LogP contribution < -0.4 is 11.1 Å². The van der Waals surface area contributed by atoms with E-state index < -0.39 is 0 Å². The molecule has 0 radical (unpaired) electrons. The Hall–Kier alpha value is -0.650. The van der Waals surface area contributed by atoms with Crippen LogP contribution in [0.25, 0.3) is 0 Å². The lowest BCUT2D eigenvalue weighted by Gasteiger charge is -2.16. The van der Waals surface area contributed by atoms with Gasteiger partial charge in [0, 0.05) is 16.9 Å². The van der Waals surface area contributed by atoms with E-state index in [1.54, 1.807) is 12.1 Å². The molecule has 0 heterocycles. The number of oxime groups is 1. The molecule has 17 heavy (non-hydrogen) atoms. The van der Waals surface area contributed by atoms with Crippen molar-refractivity contribution < 1.29 is 5.21 Å². The van der Waals surface area contributed by atoms with Crippen LogP contribution in [0, 0.1) is 0 Å². The van der Waals surface area contributed by atoms with Gasteiger partial charge in [0.2, 0.25) is 0 Å². The Labute approximate surface area is 118 Å². The summed E-state index contributed by atoms with van der Waals surface area (Å²) in [6.45, 7) is 1.89. The molecule has 4 nitrogen and oxygen atoms in total. The maximum atomic E-state index is 8.47. The van der Waals surface area contributed by atoms with Crippen LogP contribution in [0.1, 0.15) is 13.3 Å². The summed E-state index contributed by atoms with van der Waals surface area (Å²) in [6, 6.07) is 3.58. The smallest absolute Gasteiger partial charge is 0.141 e. The summed E-state index contributed by atoms with van der Waals surface area (Å²) in [5.41, 5.74) is 6.12. The van der Waals surface area contributed by atoms with Crippen LogP contribution in [0.5, 0.6) is 0 Å². The highest BCUT2D eigenvalue weighted by molar-refractivity contribution is 9.10. The second-order valence-electron chi connectivity index (χ2n) is 3.56. The molecule has 4 N–H and O–H groups in total. The first-order valence-electron chi connectivity index (χ1n) is 4.82. The number of halogens is 3. The maximum absolute atomic E-state index is 8.47. The van der Waals surface area contributed by atoms with Crippen molar-refractivity contribution in [3.63, 3.8) is 0 Å². The van der Waals surface area contributed by atoms with E-state index in [4.69, 9.17) is 34.1 Å². The van der Waals surface area contributed by atoms with Gasteiger partial charge in [-0.2, -0.15) is 0 Å². The molecule has 0 aromatic heterocycles. The Kier molecular flexibility index (Phi) is 5.36. The van der Waals surface area contributed by atoms with Crippen LogP contribution in [0.15, 0.2) is 21.8 Å². The summed E-state index contributed by atoms with van der Waals surface area (Å²) >= 11 is 15.4. The normalized spacial score (nSPS) is 13.5. The Bertz CT molecular complexity index is 440. The molecule has 1 unspecified atom stereocenters. The lowest BCUT2D eigenvalue weighted by Crippen LogP contribution is -2.24. The predicted molar refractivity (Wildman–Crippen MR) is 75.3 cm³/mol. The zero-order valence-corrected chi connectivity index (χ0v) is 12.1. The first-order valence-corrected chi connectivity index (χ1v) is 6.37. The molecule has 0 aliphatic heterocycles. The quantitative estimate of drug-likeness (QED) is 0.257. The van der Waals surface area contributed by atoms with Crippen LogP contribution in [0.3, 0.4) is 0 Å². The molecule has 1 aromatic carbocycles. The third-order valence-corrected chi connectivity index (χ3v) is 3.85. The fraction of sp³-hybridized carbons (Fsp3) is 0.300. The molecule has 94 valence electrons. The van der Waals surface area contributed by atoms with E-state index in [1.165, 1.54) is 0 Å². The molecule has 1 atom stereocenters. The minimum absolute atomic E-state index is 0.0272.